The maximum Gasteiger partial charge on any atom is 0.433 e. The van der Waals surface area contributed by atoms with E-state index < -0.39 is 23.6 Å². The van der Waals surface area contributed by atoms with Crippen LogP contribution in [0.4, 0.5) is 29.1 Å². The minimum absolute atomic E-state index is 0.117. The van der Waals surface area contributed by atoms with Crippen molar-refractivity contribution in [2.75, 3.05) is 31.6 Å². The van der Waals surface area contributed by atoms with Gasteiger partial charge >= 0.3 is 6.18 Å². The Labute approximate surface area is 201 Å². The van der Waals surface area contributed by atoms with Crippen molar-refractivity contribution in [3.05, 3.63) is 59.6 Å². The van der Waals surface area contributed by atoms with Crippen LogP contribution in [0.5, 0.6) is 0 Å². The SMILES string of the molecule is Cc1cc(Nc2nccn3c(-c4cn[nH]c4C(F)(F)F)cnc23)cc(F)c1C(=O)NCCOCCN. The highest BCUT2D eigenvalue weighted by molar-refractivity contribution is 5.96. The third-order valence-corrected chi connectivity index (χ3v) is 5.20. The number of nitrogens with zero attached hydrogens (tertiary/aromatic N) is 4. The summed E-state index contributed by atoms with van der Waals surface area (Å²) in [5, 5.41) is 11.0. The molecular formula is C22H22F4N8O2. The van der Waals surface area contributed by atoms with Gasteiger partial charge in [-0.2, -0.15) is 18.3 Å². The molecule has 1 aromatic carbocycles. The molecule has 0 saturated carbocycles. The predicted molar refractivity (Wildman–Crippen MR) is 122 cm³/mol. The van der Waals surface area contributed by atoms with E-state index in [4.69, 9.17) is 10.5 Å². The smallest absolute Gasteiger partial charge is 0.378 e. The average molecular weight is 506 g/mol. The van der Waals surface area contributed by atoms with Gasteiger partial charge < -0.3 is 21.1 Å². The maximum atomic E-state index is 14.8. The minimum Gasteiger partial charge on any atom is -0.378 e. The van der Waals surface area contributed by atoms with Crippen LogP contribution in [0.15, 0.2) is 36.9 Å². The third kappa shape index (κ3) is 5.13. The standard InChI is InChI=1S/C22H22F4N8O2/c1-12-8-13(9-15(23)17(12)21(35)29-4-7-36-6-2-27)32-19-20-30-11-16(34(20)5-3-28-19)14-10-31-33-18(14)22(24,25)26/h3,5,8-11H,2,4,6-7,27H2,1H3,(H,28,32)(H,29,35)(H,31,33). The monoisotopic (exact) mass is 506 g/mol. The van der Waals surface area contributed by atoms with Crippen molar-refractivity contribution in [3.63, 3.8) is 0 Å². The Morgan fingerprint density at radius 2 is 2.03 bits per heavy atom. The van der Waals surface area contributed by atoms with E-state index in [1.54, 1.807) is 13.0 Å². The first-order valence-electron chi connectivity index (χ1n) is 10.8. The Bertz CT molecular complexity index is 1360. The van der Waals surface area contributed by atoms with Crippen molar-refractivity contribution < 1.29 is 27.1 Å². The van der Waals surface area contributed by atoms with Crippen LogP contribution in [0, 0.1) is 12.7 Å². The number of hydrogen-bond acceptors (Lipinski definition) is 7. The quantitative estimate of drug-likeness (QED) is 0.202. The van der Waals surface area contributed by atoms with E-state index in [2.05, 4.69) is 25.7 Å². The van der Waals surface area contributed by atoms with Gasteiger partial charge in [-0.25, -0.2) is 14.4 Å². The number of hydrogen-bond donors (Lipinski definition) is 4. The molecule has 190 valence electrons. The summed E-state index contributed by atoms with van der Waals surface area (Å²) < 4.78 is 61.4. The van der Waals surface area contributed by atoms with Gasteiger partial charge in [-0.05, 0) is 24.6 Å². The molecular weight excluding hydrogens is 484 g/mol. The summed E-state index contributed by atoms with van der Waals surface area (Å²) in [5.41, 5.74) is 5.00. The number of H-pyrrole nitrogens is 1. The van der Waals surface area contributed by atoms with Crippen molar-refractivity contribution in [1.29, 1.82) is 0 Å². The zero-order valence-electron chi connectivity index (χ0n) is 19.0. The molecule has 0 atom stereocenters. The van der Waals surface area contributed by atoms with Crippen LogP contribution in [0.2, 0.25) is 0 Å². The van der Waals surface area contributed by atoms with E-state index in [0.29, 0.717) is 18.7 Å². The number of aryl methyl sites for hydroxylation is 1. The molecule has 0 saturated heterocycles. The number of anilines is 2. The van der Waals surface area contributed by atoms with Gasteiger partial charge in [-0.15, -0.1) is 0 Å². The highest BCUT2D eigenvalue weighted by atomic mass is 19.4. The Morgan fingerprint density at radius 1 is 1.22 bits per heavy atom. The van der Waals surface area contributed by atoms with Crippen molar-refractivity contribution in [1.82, 2.24) is 29.9 Å². The molecule has 1 amide bonds. The van der Waals surface area contributed by atoms with Crippen molar-refractivity contribution >= 4 is 23.1 Å². The van der Waals surface area contributed by atoms with Crippen molar-refractivity contribution in [3.8, 4) is 11.3 Å². The number of amides is 1. The highest BCUT2D eigenvalue weighted by Gasteiger charge is 2.36. The summed E-state index contributed by atoms with van der Waals surface area (Å²) in [5.74, 6) is -1.18. The van der Waals surface area contributed by atoms with Crippen molar-refractivity contribution in [2.24, 2.45) is 5.73 Å². The molecule has 5 N–H and O–H groups in total. The Kier molecular flexibility index (Phi) is 7.17. The highest BCUT2D eigenvalue weighted by Crippen LogP contribution is 2.36. The van der Waals surface area contributed by atoms with Gasteiger partial charge in [0.2, 0.25) is 0 Å². The molecule has 0 unspecified atom stereocenters. The van der Waals surface area contributed by atoms with Gasteiger partial charge in [-0.1, -0.05) is 0 Å². The number of fused-ring (bicyclic) bond motifs is 1. The Balaban J connectivity index is 1.57. The first-order chi connectivity index (χ1) is 17.2. The van der Waals surface area contributed by atoms with Crippen LogP contribution in [0.1, 0.15) is 21.6 Å². The lowest BCUT2D eigenvalue weighted by Gasteiger charge is -2.13. The van der Waals surface area contributed by atoms with E-state index in [0.717, 1.165) is 12.3 Å². The average Bonchev–Trinajstić information content (AvgIpc) is 3.46. The molecule has 0 aliphatic carbocycles. The topological polar surface area (TPSA) is 135 Å². The van der Waals surface area contributed by atoms with Gasteiger partial charge in [0.25, 0.3) is 5.91 Å². The summed E-state index contributed by atoms with van der Waals surface area (Å²) in [7, 11) is 0. The third-order valence-electron chi connectivity index (χ3n) is 5.20. The van der Waals surface area contributed by atoms with Gasteiger partial charge in [0.15, 0.2) is 11.5 Å². The minimum atomic E-state index is -4.63. The van der Waals surface area contributed by atoms with Crippen molar-refractivity contribution in [2.45, 2.75) is 13.1 Å². The summed E-state index contributed by atoms with van der Waals surface area (Å²) in [6.45, 7) is 2.73. The van der Waals surface area contributed by atoms with Crippen LogP contribution in [0.25, 0.3) is 16.9 Å². The lowest BCUT2D eigenvalue weighted by molar-refractivity contribution is -0.140. The fourth-order valence-corrected chi connectivity index (χ4v) is 3.65. The van der Waals surface area contributed by atoms with E-state index >= 15 is 0 Å². The number of carbonyl (C=O) groups excluding carboxylic acids is 1. The van der Waals surface area contributed by atoms with Gasteiger partial charge in [0, 0.05) is 31.2 Å². The van der Waals surface area contributed by atoms with Gasteiger partial charge in [0.1, 0.15) is 11.5 Å². The number of rotatable bonds is 9. The molecule has 3 aromatic heterocycles. The molecule has 0 radical (unpaired) electrons. The number of benzene rings is 1. The second-order valence-corrected chi connectivity index (χ2v) is 7.70. The summed E-state index contributed by atoms with van der Waals surface area (Å²) in [6.07, 6.45) is 0.508. The first kappa shape index (κ1) is 25.1. The molecule has 4 rings (SSSR count). The van der Waals surface area contributed by atoms with E-state index in [-0.39, 0.29) is 47.1 Å². The lowest BCUT2D eigenvalue weighted by atomic mass is 10.1. The predicted octanol–water partition coefficient (Wildman–Crippen LogP) is 3.03. The number of aromatic amines is 1. The largest absolute Gasteiger partial charge is 0.433 e. The molecule has 36 heavy (non-hydrogen) atoms. The van der Waals surface area contributed by atoms with Crippen LogP contribution in [-0.2, 0) is 10.9 Å². The molecule has 4 aromatic rings. The normalized spacial score (nSPS) is 11.7. The zero-order chi connectivity index (χ0) is 25.9. The van der Waals surface area contributed by atoms with Gasteiger partial charge in [0.05, 0.1) is 42.4 Å². The number of halogens is 4. The molecule has 10 nitrogen and oxygen atoms in total. The van der Waals surface area contributed by atoms with Gasteiger partial charge in [-0.3, -0.25) is 14.3 Å². The molecule has 0 bridgehead atoms. The second kappa shape index (κ2) is 10.3. The molecule has 0 aliphatic heterocycles. The summed E-state index contributed by atoms with van der Waals surface area (Å²) >= 11 is 0. The Morgan fingerprint density at radius 3 is 2.75 bits per heavy atom. The molecule has 0 spiro atoms. The number of nitrogens with one attached hydrogen (secondary N) is 3. The number of imidazole rings is 1. The summed E-state index contributed by atoms with van der Waals surface area (Å²) in [4.78, 5) is 20.8. The number of ether oxygens (including phenoxy) is 1. The number of carbonyl (C=O) groups is 1. The molecule has 0 aliphatic rings. The van der Waals surface area contributed by atoms with E-state index in [9.17, 15) is 22.4 Å². The fourth-order valence-electron chi connectivity index (χ4n) is 3.65. The Hall–Kier alpha value is -4.04. The molecule has 0 fully saturated rings. The number of alkyl halides is 3. The van der Waals surface area contributed by atoms with Crippen LogP contribution >= 0.6 is 0 Å². The lowest BCUT2D eigenvalue weighted by Crippen LogP contribution is -2.29. The van der Waals surface area contributed by atoms with Crippen LogP contribution < -0.4 is 16.4 Å². The fraction of sp³-hybridized carbons (Fsp3) is 0.273. The number of aromatic nitrogens is 5. The second-order valence-electron chi connectivity index (χ2n) is 7.70. The molecule has 3 heterocycles. The van der Waals surface area contributed by atoms with Crippen LogP contribution in [-0.4, -0.2) is 56.8 Å². The van der Waals surface area contributed by atoms with E-state index in [1.807, 2.05) is 5.10 Å². The van der Waals surface area contributed by atoms with Crippen LogP contribution in [0.3, 0.4) is 0 Å². The number of nitrogens with two attached hydrogens (primary N) is 1. The van der Waals surface area contributed by atoms with E-state index in [1.165, 1.54) is 23.0 Å². The first-order valence-corrected chi connectivity index (χ1v) is 10.8. The summed E-state index contributed by atoms with van der Waals surface area (Å²) in [6, 6.07) is 2.68. The zero-order valence-corrected chi connectivity index (χ0v) is 19.0. The molecule has 14 heteroatoms. The maximum absolute atomic E-state index is 14.8.